The number of thiophene rings is 1. The summed E-state index contributed by atoms with van der Waals surface area (Å²) in [5.74, 6) is 0. The lowest BCUT2D eigenvalue weighted by atomic mass is 9.81. The number of anilines is 3. The minimum atomic E-state index is -0.163. The van der Waals surface area contributed by atoms with Gasteiger partial charge in [0, 0.05) is 36.5 Å². The van der Waals surface area contributed by atoms with E-state index in [1.54, 1.807) is 0 Å². The molecular formula is C43H31NS. The molecule has 1 aliphatic carbocycles. The van der Waals surface area contributed by atoms with Crippen LogP contribution in [0.25, 0.3) is 53.2 Å². The highest BCUT2D eigenvalue weighted by Crippen LogP contribution is 2.55. The molecule has 0 radical (unpaired) electrons. The summed E-state index contributed by atoms with van der Waals surface area (Å²) in [5, 5.41) is 5.12. The van der Waals surface area contributed by atoms with E-state index in [1.807, 2.05) is 11.3 Å². The molecule has 214 valence electrons. The van der Waals surface area contributed by atoms with Gasteiger partial charge in [-0.25, -0.2) is 0 Å². The van der Waals surface area contributed by atoms with Crippen molar-refractivity contribution in [1.82, 2.24) is 0 Å². The maximum absolute atomic E-state index is 2.54. The molecule has 0 fully saturated rings. The zero-order valence-corrected chi connectivity index (χ0v) is 26.1. The third-order valence-electron chi connectivity index (χ3n) is 9.64. The Hall–Kier alpha value is -5.18. The number of rotatable bonds is 4. The van der Waals surface area contributed by atoms with E-state index < -0.39 is 0 Å². The van der Waals surface area contributed by atoms with Gasteiger partial charge in [-0.2, -0.15) is 0 Å². The summed E-state index contributed by atoms with van der Waals surface area (Å²) in [4.78, 5) is 2.54. The average Bonchev–Trinajstić information content (AvgIpc) is 3.58. The second-order valence-electron chi connectivity index (χ2n) is 12.5. The van der Waals surface area contributed by atoms with Crippen molar-refractivity contribution in [3.63, 3.8) is 0 Å². The quantitative estimate of drug-likeness (QED) is 0.196. The first-order valence-electron chi connectivity index (χ1n) is 15.6. The zero-order valence-electron chi connectivity index (χ0n) is 25.3. The molecule has 0 saturated heterocycles. The van der Waals surface area contributed by atoms with Gasteiger partial charge in [0.05, 0.1) is 17.1 Å². The van der Waals surface area contributed by atoms with Gasteiger partial charge in [-0.05, 0) is 63.5 Å². The van der Waals surface area contributed by atoms with Crippen molar-refractivity contribution in [3.05, 3.63) is 163 Å². The maximum atomic E-state index is 2.54. The van der Waals surface area contributed by atoms with E-state index in [0.29, 0.717) is 0 Å². The third kappa shape index (κ3) is 3.86. The number of benzene rings is 7. The molecule has 0 spiro atoms. The normalized spacial score (nSPS) is 13.3. The second kappa shape index (κ2) is 9.92. The molecule has 1 aromatic heterocycles. The molecule has 1 nitrogen and oxygen atoms in total. The molecular weight excluding hydrogens is 563 g/mol. The van der Waals surface area contributed by atoms with E-state index in [9.17, 15) is 0 Å². The van der Waals surface area contributed by atoms with E-state index in [-0.39, 0.29) is 5.41 Å². The Kier molecular flexibility index (Phi) is 5.78. The van der Waals surface area contributed by atoms with Gasteiger partial charge in [0.15, 0.2) is 0 Å². The van der Waals surface area contributed by atoms with Gasteiger partial charge in [-0.3, -0.25) is 0 Å². The van der Waals surface area contributed by atoms with E-state index in [4.69, 9.17) is 0 Å². The maximum Gasteiger partial charge on any atom is 0.0540 e. The number of hydrogen-bond donors (Lipinski definition) is 0. The second-order valence-corrected chi connectivity index (χ2v) is 13.6. The summed E-state index contributed by atoms with van der Waals surface area (Å²) >= 11 is 1.87. The Balaban J connectivity index is 1.39. The van der Waals surface area contributed by atoms with Gasteiger partial charge in [-0.15, -0.1) is 11.3 Å². The molecule has 0 aliphatic heterocycles. The molecule has 45 heavy (non-hydrogen) atoms. The van der Waals surface area contributed by atoms with Crippen LogP contribution in [-0.4, -0.2) is 0 Å². The monoisotopic (exact) mass is 593 g/mol. The third-order valence-corrected chi connectivity index (χ3v) is 10.8. The van der Waals surface area contributed by atoms with E-state index in [1.165, 1.54) is 81.4 Å². The van der Waals surface area contributed by atoms with Crippen LogP contribution in [-0.2, 0) is 5.41 Å². The first-order chi connectivity index (χ1) is 22.1. The molecule has 0 amide bonds. The van der Waals surface area contributed by atoms with Crippen LogP contribution in [0.4, 0.5) is 17.1 Å². The minimum Gasteiger partial charge on any atom is -0.309 e. The molecule has 1 heterocycles. The molecule has 1 aliphatic rings. The highest BCUT2D eigenvalue weighted by molar-refractivity contribution is 7.25. The summed E-state index contributed by atoms with van der Waals surface area (Å²) in [6.07, 6.45) is 0. The van der Waals surface area contributed by atoms with Crippen LogP contribution in [0.2, 0.25) is 0 Å². The van der Waals surface area contributed by atoms with Gasteiger partial charge in [-0.1, -0.05) is 135 Å². The average molecular weight is 594 g/mol. The Morgan fingerprint density at radius 3 is 1.93 bits per heavy atom. The first-order valence-corrected chi connectivity index (χ1v) is 16.4. The van der Waals surface area contributed by atoms with E-state index >= 15 is 0 Å². The molecule has 0 N–H and O–H groups in total. The van der Waals surface area contributed by atoms with Crippen LogP contribution in [0.3, 0.4) is 0 Å². The first kappa shape index (κ1) is 26.2. The molecule has 0 unspecified atom stereocenters. The van der Waals surface area contributed by atoms with Crippen LogP contribution in [0.1, 0.15) is 25.0 Å². The van der Waals surface area contributed by atoms with Gasteiger partial charge in [0.25, 0.3) is 0 Å². The number of nitrogens with zero attached hydrogens (tertiary/aromatic N) is 1. The van der Waals surface area contributed by atoms with Crippen molar-refractivity contribution in [2.45, 2.75) is 19.3 Å². The SMILES string of the molecule is CC1(C)c2ccccc2-c2cccc(N(c3ccccc3-c3cccc4sc5ccccc5c34)c3cccc4ccccc34)c21. The lowest BCUT2D eigenvalue weighted by Crippen LogP contribution is -2.21. The van der Waals surface area contributed by atoms with Crippen molar-refractivity contribution in [1.29, 1.82) is 0 Å². The summed E-state index contributed by atoms with van der Waals surface area (Å²) in [6, 6.07) is 55.8. The minimum absolute atomic E-state index is 0.163. The van der Waals surface area contributed by atoms with Crippen LogP contribution in [0.5, 0.6) is 0 Å². The smallest absolute Gasteiger partial charge is 0.0540 e. The zero-order chi connectivity index (χ0) is 30.1. The van der Waals surface area contributed by atoms with Crippen LogP contribution < -0.4 is 4.90 Å². The van der Waals surface area contributed by atoms with Crippen molar-refractivity contribution < 1.29 is 0 Å². The molecule has 9 rings (SSSR count). The largest absolute Gasteiger partial charge is 0.309 e. The Morgan fingerprint density at radius 2 is 1.02 bits per heavy atom. The number of hydrogen-bond acceptors (Lipinski definition) is 2. The van der Waals surface area contributed by atoms with Crippen molar-refractivity contribution in [3.8, 4) is 22.3 Å². The topological polar surface area (TPSA) is 3.24 Å². The fourth-order valence-electron chi connectivity index (χ4n) is 7.69. The standard InChI is InChI=1S/C43H31NS/c1-43(2)35-22-8-5-17-30(35)33-21-12-25-38(42(33)43)44(36-24-11-15-28-14-3-4-16-29(28)36)37-23-9-6-18-31(37)32-20-13-27-40-41(32)34-19-7-10-26-39(34)45-40/h3-27H,1-2H3. The van der Waals surface area contributed by atoms with Gasteiger partial charge >= 0.3 is 0 Å². The number of fused-ring (bicyclic) bond motifs is 7. The molecule has 0 bridgehead atoms. The molecule has 8 aromatic rings. The van der Waals surface area contributed by atoms with Gasteiger partial charge < -0.3 is 4.90 Å². The van der Waals surface area contributed by atoms with E-state index in [0.717, 1.165) is 0 Å². The summed E-state index contributed by atoms with van der Waals surface area (Å²) in [7, 11) is 0. The lowest BCUT2D eigenvalue weighted by Gasteiger charge is -2.34. The van der Waals surface area contributed by atoms with Crippen molar-refractivity contribution >= 4 is 59.3 Å². The molecule has 0 atom stereocenters. The predicted octanol–water partition coefficient (Wildman–Crippen LogP) is 12.7. The molecule has 7 aromatic carbocycles. The lowest BCUT2D eigenvalue weighted by molar-refractivity contribution is 0.661. The Morgan fingerprint density at radius 1 is 0.444 bits per heavy atom. The van der Waals surface area contributed by atoms with Gasteiger partial charge in [0.1, 0.15) is 0 Å². The Labute approximate surface area is 267 Å². The summed E-state index contributed by atoms with van der Waals surface area (Å²) < 4.78 is 2.64. The Bertz CT molecular complexity index is 2420. The van der Waals surface area contributed by atoms with Crippen LogP contribution in [0, 0.1) is 0 Å². The van der Waals surface area contributed by atoms with Gasteiger partial charge in [0.2, 0.25) is 0 Å². The van der Waals surface area contributed by atoms with E-state index in [2.05, 4.69) is 170 Å². The predicted molar refractivity (Wildman–Crippen MR) is 195 cm³/mol. The highest BCUT2D eigenvalue weighted by Gasteiger charge is 2.39. The molecule has 0 saturated carbocycles. The molecule has 2 heteroatoms. The van der Waals surface area contributed by atoms with Crippen molar-refractivity contribution in [2.75, 3.05) is 4.90 Å². The summed E-state index contributed by atoms with van der Waals surface area (Å²) in [6.45, 7) is 4.76. The van der Waals surface area contributed by atoms with Crippen molar-refractivity contribution in [2.24, 2.45) is 0 Å². The van der Waals surface area contributed by atoms with Crippen LogP contribution >= 0.6 is 11.3 Å². The fourth-order valence-corrected chi connectivity index (χ4v) is 8.83. The fraction of sp³-hybridized carbons (Fsp3) is 0.0698. The summed E-state index contributed by atoms with van der Waals surface area (Å²) in [5.41, 5.74) is 11.3. The van der Waals surface area contributed by atoms with Crippen LogP contribution in [0.15, 0.2) is 152 Å². The number of para-hydroxylation sites is 1. The highest BCUT2D eigenvalue weighted by atomic mass is 32.1.